The Kier molecular flexibility index (Phi) is 4.20. The van der Waals surface area contributed by atoms with Gasteiger partial charge in [-0.15, -0.1) is 11.8 Å². The lowest BCUT2D eigenvalue weighted by molar-refractivity contribution is 0.298. The van der Waals surface area contributed by atoms with Gasteiger partial charge in [-0.2, -0.15) is 0 Å². The molecule has 0 atom stereocenters. The van der Waals surface area contributed by atoms with Gasteiger partial charge in [-0.25, -0.2) is 0 Å². The van der Waals surface area contributed by atoms with Gasteiger partial charge in [0.05, 0.1) is 11.1 Å². The lowest BCUT2D eigenvalue weighted by Crippen LogP contribution is -1.99. The van der Waals surface area contributed by atoms with Gasteiger partial charge in [0.25, 0.3) is 0 Å². The van der Waals surface area contributed by atoms with Crippen LogP contribution in [0.4, 0.5) is 0 Å². The van der Waals surface area contributed by atoms with Crippen LogP contribution in [0.2, 0.25) is 0 Å². The first kappa shape index (κ1) is 12.3. The minimum atomic E-state index is 0.616. The first-order valence-electron chi connectivity index (χ1n) is 5.74. The number of thioether (sulfide) groups is 1. The summed E-state index contributed by atoms with van der Waals surface area (Å²) in [5, 5.41) is 0.616. The molecule has 16 heavy (non-hydrogen) atoms. The van der Waals surface area contributed by atoms with E-state index in [1.54, 1.807) is 0 Å². The molecular weight excluding hydrogens is 284 g/mol. The maximum absolute atomic E-state index is 5.76. The van der Waals surface area contributed by atoms with Gasteiger partial charge in [-0.3, -0.25) is 0 Å². The van der Waals surface area contributed by atoms with Crippen molar-refractivity contribution in [2.75, 3.05) is 6.61 Å². The van der Waals surface area contributed by atoms with Crippen LogP contribution in [0, 0.1) is 5.92 Å². The number of halogens is 1. The van der Waals surface area contributed by atoms with Crippen molar-refractivity contribution in [3.63, 3.8) is 0 Å². The van der Waals surface area contributed by atoms with Crippen molar-refractivity contribution < 1.29 is 4.74 Å². The van der Waals surface area contributed by atoms with Gasteiger partial charge < -0.3 is 4.74 Å². The summed E-state index contributed by atoms with van der Waals surface area (Å²) in [6, 6.07) is 6.35. The Labute approximate surface area is 110 Å². The van der Waals surface area contributed by atoms with Crippen molar-refractivity contribution in [1.29, 1.82) is 0 Å². The Hall–Kier alpha value is -0.150. The van der Waals surface area contributed by atoms with Gasteiger partial charge in [0.15, 0.2) is 0 Å². The maximum atomic E-state index is 5.76. The summed E-state index contributed by atoms with van der Waals surface area (Å²) in [4.78, 5) is 1.29. The second-order valence-corrected chi connectivity index (χ2v) is 7.02. The van der Waals surface area contributed by atoms with Crippen LogP contribution in [0.25, 0.3) is 0 Å². The fourth-order valence-electron chi connectivity index (χ4n) is 1.44. The normalized spacial score (nSPS) is 15.5. The monoisotopic (exact) mass is 300 g/mol. The summed E-state index contributed by atoms with van der Waals surface area (Å²) >= 11 is 5.44. The summed E-state index contributed by atoms with van der Waals surface area (Å²) in [7, 11) is 0. The van der Waals surface area contributed by atoms with E-state index in [0.29, 0.717) is 5.25 Å². The molecule has 0 spiro atoms. The Morgan fingerprint density at radius 3 is 2.75 bits per heavy atom. The highest BCUT2D eigenvalue weighted by Crippen LogP contribution is 2.34. The van der Waals surface area contributed by atoms with Gasteiger partial charge in [-0.05, 0) is 52.9 Å². The van der Waals surface area contributed by atoms with E-state index in [4.69, 9.17) is 4.74 Å². The molecule has 0 radical (unpaired) electrons. The van der Waals surface area contributed by atoms with Crippen LogP contribution >= 0.6 is 27.7 Å². The molecule has 0 amide bonds. The zero-order valence-electron chi connectivity index (χ0n) is 9.70. The second-order valence-electron chi connectivity index (χ2n) is 4.51. The average molecular weight is 301 g/mol. The van der Waals surface area contributed by atoms with E-state index >= 15 is 0 Å². The molecule has 1 aliphatic carbocycles. The summed E-state index contributed by atoms with van der Waals surface area (Å²) in [6.45, 7) is 5.28. The highest BCUT2D eigenvalue weighted by Gasteiger charge is 2.22. The molecule has 0 N–H and O–H groups in total. The molecule has 0 unspecified atom stereocenters. The third-order valence-electron chi connectivity index (χ3n) is 2.45. The second kappa shape index (κ2) is 5.46. The minimum Gasteiger partial charge on any atom is -0.492 e. The molecule has 88 valence electrons. The third-order valence-corrected chi connectivity index (χ3v) is 4.06. The predicted octanol–water partition coefficient (Wildman–Crippen LogP) is 4.74. The molecule has 0 aromatic heterocycles. The highest BCUT2D eigenvalue weighted by molar-refractivity contribution is 9.10. The molecule has 1 aromatic carbocycles. The van der Waals surface area contributed by atoms with E-state index in [9.17, 15) is 0 Å². The van der Waals surface area contributed by atoms with Crippen molar-refractivity contribution in [2.24, 2.45) is 5.92 Å². The maximum Gasteiger partial charge on any atom is 0.133 e. The minimum absolute atomic E-state index is 0.616. The molecular formula is C13H17BrOS. The fraction of sp³-hybridized carbons (Fsp3) is 0.538. The fourth-order valence-corrected chi connectivity index (χ4v) is 2.96. The van der Waals surface area contributed by atoms with Crippen LogP contribution < -0.4 is 4.74 Å². The molecule has 0 saturated heterocycles. The predicted molar refractivity (Wildman–Crippen MR) is 73.4 cm³/mol. The van der Waals surface area contributed by atoms with Crippen LogP contribution in [0.5, 0.6) is 5.75 Å². The molecule has 2 rings (SSSR count). The lowest BCUT2D eigenvalue weighted by Gasteiger charge is -2.10. The Morgan fingerprint density at radius 1 is 1.44 bits per heavy atom. The Morgan fingerprint density at radius 2 is 2.19 bits per heavy atom. The lowest BCUT2D eigenvalue weighted by atomic mass is 10.3. The van der Waals surface area contributed by atoms with E-state index < -0.39 is 0 Å². The first-order chi connectivity index (χ1) is 7.65. The summed E-state index contributed by atoms with van der Waals surface area (Å²) in [6.07, 6.45) is 2.66. The van der Waals surface area contributed by atoms with Crippen LogP contribution in [-0.4, -0.2) is 11.9 Å². The average Bonchev–Trinajstić information content (AvgIpc) is 2.99. The SMILES string of the molecule is CC(C)Sc1ccc(OCC2CC2)c(Br)c1. The Bertz CT molecular complexity index is 361. The largest absolute Gasteiger partial charge is 0.492 e. The summed E-state index contributed by atoms with van der Waals surface area (Å²) in [5.74, 6) is 1.77. The number of hydrogen-bond acceptors (Lipinski definition) is 2. The van der Waals surface area contributed by atoms with Crippen molar-refractivity contribution in [3.05, 3.63) is 22.7 Å². The molecule has 3 heteroatoms. The van der Waals surface area contributed by atoms with Crippen LogP contribution in [0.3, 0.4) is 0 Å². The van der Waals surface area contributed by atoms with E-state index in [0.717, 1.165) is 22.7 Å². The van der Waals surface area contributed by atoms with Gasteiger partial charge >= 0.3 is 0 Å². The Balaban J connectivity index is 1.97. The van der Waals surface area contributed by atoms with Gasteiger partial charge in [-0.1, -0.05) is 13.8 Å². The van der Waals surface area contributed by atoms with E-state index in [1.165, 1.54) is 17.7 Å². The molecule has 1 nitrogen and oxygen atoms in total. The van der Waals surface area contributed by atoms with E-state index in [2.05, 4.69) is 48.0 Å². The highest BCUT2D eigenvalue weighted by atomic mass is 79.9. The molecule has 1 aliphatic rings. The van der Waals surface area contributed by atoms with Crippen LogP contribution in [0.1, 0.15) is 26.7 Å². The van der Waals surface area contributed by atoms with Crippen LogP contribution in [0.15, 0.2) is 27.6 Å². The number of rotatable bonds is 5. The van der Waals surface area contributed by atoms with Crippen molar-refractivity contribution >= 4 is 27.7 Å². The quantitative estimate of drug-likeness (QED) is 0.727. The number of hydrogen-bond donors (Lipinski definition) is 0. The van der Waals surface area contributed by atoms with Crippen molar-refractivity contribution in [3.8, 4) is 5.75 Å². The first-order valence-corrected chi connectivity index (χ1v) is 7.41. The van der Waals surface area contributed by atoms with Crippen molar-refractivity contribution in [2.45, 2.75) is 36.8 Å². The van der Waals surface area contributed by atoms with Gasteiger partial charge in [0, 0.05) is 10.1 Å². The third kappa shape index (κ3) is 3.70. The molecule has 1 aromatic rings. The van der Waals surface area contributed by atoms with E-state index in [-0.39, 0.29) is 0 Å². The smallest absolute Gasteiger partial charge is 0.133 e. The zero-order chi connectivity index (χ0) is 11.5. The molecule has 1 fully saturated rings. The molecule has 1 saturated carbocycles. The number of benzene rings is 1. The standard InChI is InChI=1S/C13H17BrOS/c1-9(2)16-11-5-6-13(12(14)7-11)15-8-10-3-4-10/h5-7,9-10H,3-4,8H2,1-2H3. The van der Waals surface area contributed by atoms with E-state index in [1.807, 2.05) is 11.8 Å². The van der Waals surface area contributed by atoms with Gasteiger partial charge in [0.1, 0.15) is 5.75 Å². The van der Waals surface area contributed by atoms with Crippen molar-refractivity contribution in [1.82, 2.24) is 0 Å². The molecule has 0 bridgehead atoms. The van der Waals surface area contributed by atoms with Crippen LogP contribution in [-0.2, 0) is 0 Å². The molecule has 0 aliphatic heterocycles. The summed E-state index contributed by atoms with van der Waals surface area (Å²) < 4.78 is 6.83. The topological polar surface area (TPSA) is 9.23 Å². The van der Waals surface area contributed by atoms with Gasteiger partial charge in [0.2, 0.25) is 0 Å². The zero-order valence-corrected chi connectivity index (χ0v) is 12.1. The number of ether oxygens (including phenoxy) is 1. The molecule has 0 heterocycles. The summed E-state index contributed by atoms with van der Waals surface area (Å²) in [5.41, 5.74) is 0.